The minimum absolute atomic E-state index is 0.0691. The first-order valence-corrected chi connectivity index (χ1v) is 19.0. The van der Waals surface area contributed by atoms with Crippen LogP contribution in [0.25, 0.3) is 11.2 Å². The summed E-state index contributed by atoms with van der Waals surface area (Å²) in [4.78, 5) is 39.7. The second kappa shape index (κ2) is 18.1. The highest BCUT2D eigenvalue weighted by Crippen LogP contribution is 2.59. The molecule has 3 unspecified atom stereocenters. The molecule has 6 rings (SSSR count). The maximum Gasteiger partial charge on any atom is 0.264 e. The zero-order valence-electron chi connectivity index (χ0n) is 30.8. The Hall–Kier alpha value is -4.75. The second-order valence-corrected chi connectivity index (χ2v) is 14.5. The summed E-state index contributed by atoms with van der Waals surface area (Å²) in [7, 11) is -1.49. The average Bonchev–Trinajstić information content (AvgIpc) is 3.43. The Morgan fingerprint density at radius 1 is 0.944 bits per heavy atom. The number of amides is 2. The number of fused-ring (bicyclic) bond motifs is 2. The van der Waals surface area contributed by atoms with Crippen LogP contribution in [0, 0.1) is 17.2 Å². The minimum Gasteiger partial charge on any atom is -0.484 e. The number of hydrogen-bond acceptors (Lipinski definition) is 13. The lowest BCUT2D eigenvalue weighted by Crippen LogP contribution is -2.35. The van der Waals surface area contributed by atoms with E-state index in [1.807, 2.05) is 19.1 Å². The minimum atomic E-state index is -1.49. The molecule has 3 heterocycles. The number of ether oxygens (including phenoxy) is 4. The van der Waals surface area contributed by atoms with Crippen LogP contribution < -0.4 is 20.1 Å². The lowest BCUT2D eigenvalue weighted by atomic mass is 10.2. The van der Waals surface area contributed by atoms with Crippen molar-refractivity contribution in [3.63, 3.8) is 0 Å². The molecule has 2 amide bonds. The van der Waals surface area contributed by atoms with Crippen molar-refractivity contribution in [2.24, 2.45) is 5.92 Å². The molecule has 1 aliphatic carbocycles. The lowest BCUT2D eigenvalue weighted by molar-refractivity contribution is -0.118. The summed E-state index contributed by atoms with van der Waals surface area (Å²) in [6.45, 7) is 10.3. The fraction of sp³-hybridized carbons (Fsp3) is 0.459. The molecule has 286 valence electrons. The highest BCUT2D eigenvalue weighted by atomic mass is 31.2. The van der Waals surface area contributed by atoms with Crippen LogP contribution >= 0.6 is 8.53 Å². The first kappa shape index (κ1) is 39.0. The van der Waals surface area contributed by atoms with Gasteiger partial charge in [0.05, 0.1) is 31.5 Å². The molecule has 54 heavy (non-hydrogen) atoms. The third-order valence-corrected chi connectivity index (χ3v) is 10.7. The standard InChI is InChI=1S/C37H45N8O8P/c1-6-48-33-29-31(32(29)53-54(51-19-13-18-38)45(23(2)3)24(4)5)52-36(33)44-22-39-30-34(40-27(46)20-49-25-14-9-7-10-15-25)42-37(43-35(30)44)41-28(47)21-50-26-16-11-8-12-17-26/h7-12,14-17,22-24,29,31-33,36H,6,13,19-21H2,1-5H3,(H2,40,41,42,43,46,47)/t29?,31-,32?,33+,36+,54?/m0/s1. The molecule has 2 aromatic heterocycles. The zero-order chi connectivity index (χ0) is 38.2. The monoisotopic (exact) mass is 760 g/mol. The number of nitrogens with one attached hydrogen (secondary N) is 2. The number of imidazole rings is 1. The molecule has 0 radical (unpaired) electrons. The van der Waals surface area contributed by atoms with Gasteiger partial charge in [0.1, 0.15) is 23.7 Å². The third-order valence-electron chi connectivity index (χ3n) is 8.56. The molecule has 2 aliphatic rings. The summed E-state index contributed by atoms with van der Waals surface area (Å²) in [5.74, 6) is -0.0796. The number of para-hydroxylation sites is 2. The van der Waals surface area contributed by atoms with E-state index in [0.717, 1.165) is 0 Å². The van der Waals surface area contributed by atoms with Crippen LogP contribution in [-0.2, 0) is 28.1 Å². The van der Waals surface area contributed by atoms with Gasteiger partial charge in [-0.05, 0) is 58.9 Å². The summed E-state index contributed by atoms with van der Waals surface area (Å²) < 4.78 is 40.8. The van der Waals surface area contributed by atoms with Crippen molar-refractivity contribution in [3.05, 3.63) is 67.0 Å². The zero-order valence-corrected chi connectivity index (χ0v) is 31.7. The fourth-order valence-electron chi connectivity index (χ4n) is 6.29. The van der Waals surface area contributed by atoms with E-state index < -0.39 is 32.7 Å². The molecule has 0 bridgehead atoms. The molecule has 0 spiro atoms. The van der Waals surface area contributed by atoms with Gasteiger partial charge in [-0.2, -0.15) is 15.2 Å². The van der Waals surface area contributed by atoms with Crippen molar-refractivity contribution in [2.45, 2.75) is 77.7 Å². The Balaban J connectivity index is 1.24. The number of nitriles is 1. The van der Waals surface area contributed by atoms with E-state index in [1.54, 1.807) is 59.4 Å². The molecular formula is C37H45N8O8P. The Bertz CT molecular complexity index is 1900. The molecule has 2 aromatic carbocycles. The van der Waals surface area contributed by atoms with Gasteiger partial charge in [-0.3, -0.25) is 19.5 Å². The number of hydrogen-bond donors (Lipinski definition) is 2. The van der Waals surface area contributed by atoms with E-state index >= 15 is 0 Å². The fourth-order valence-corrected chi connectivity index (χ4v) is 8.07. The second-order valence-electron chi connectivity index (χ2n) is 13.1. The normalized spacial score (nSPS) is 20.8. The van der Waals surface area contributed by atoms with Crippen LogP contribution in [0.1, 0.15) is 47.3 Å². The Morgan fingerprint density at radius 3 is 2.17 bits per heavy atom. The largest absolute Gasteiger partial charge is 0.484 e. The molecule has 2 fully saturated rings. The van der Waals surface area contributed by atoms with Gasteiger partial charge in [-0.25, -0.2) is 9.65 Å². The number of nitrogens with zero attached hydrogens (tertiary/aromatic N) is 6. The third kappa shape index (κ3) is 9.30. The number of benzene rings is 2. The van der Waals surface area contributed by atoms with Gasteiger partial charge in [-0.15, -0.1) is 0 Å². The van der Waals surface area contributed by atoms with Crippen LogP contribution in [0.5, 0.6) is 11.5 Å². The maximum atomic E-state index is 13.1. The molecular weight excluding hydrogens is 715 g/mol. The first-order valence-electron chi connectivity index (χ1n) is 17.9. The molecule has 6 atom stereocenters. The van der Waals surface area contributed by atoms with Crippen molar-refractivity contribution in [1.29, 1.82) is 5.26 Å². The van der Waals surface area contributed by atoms with E-state index in [4.69, 9.17) is 33.3 Å². The Kier molecular flexibility index (Phi) is 13.0. The van der Waals surface area contributed by atoms with E-state index in [2.05, 4.69) is 64.0 Å². The number of rotatable bonds is 19. The van der Waals surface area contributed by atoms with Gasteiger partial charge in [-0.1, -0.05) is 36.4 Å². The highest BCUT2D eigenvalue weighted by molar-refractivity contribution is 7.44. The van der Waals surface area contributed by atoms with Crippen LogP contribution in [0.4, 0.5) is 11.8 Å². The van der Waals surface area contributed by atoms with Crippen molar-refractivity contribution >= 4 is 43.3 Å². The molecule has 1 saturated heterocycles. The van der Waals surface area contributed by atoms with Gasteiger partial charge in [0.15, 0.2) is 36.4 Å². The van der Waals surface area contributed by atoms with Crippen molar-refractivity contribution in [1.82, 2.24) is 24.2 Å². The number of aromatic nitrogens is 4. The van der Waals surface area contributed by atoms with Gasteiger partial charge in [0.25, 0.3) is 20.3 Å². The number of carbonyl (C=O) groups is 2. The van der Waals surface area contributed by atoms with Crippen molar-refractivity contribution < 1.29 is 37.6 Å². The molecule has 16 nitrogen and oxygen atoms in total. The quantitative estimate of drug-likeness (QED) is 0.0909. The molecule has 2 N–H and O–H groups in total. The number of carbonyl (C=O) groups excluding carboxylic acids is 2. The van der Waals surface area contributed by atoms with Crippen molar-refractivity contribution in [2.75, 3.05) is 37.1 Å². The summed E-state index contributed by atoms with van der Waals surface area (Å²) in [6.07, 6.45) is 0.0917. The SMILES string of the molecule is CCO[C@@H]1C2C(OP(OCCC#N)N(C(C)C)C(C)C)[C@H]2O[C@H]1n1cnc2c(NC(=O)COc3ccccc3)nc(NC(=O)COc3ccccc3)nc21. The topological polar surface area (TPSA) is 184 Å². The summed E-state index contributed by atoms with van der Waals surface area (Å²) in [6, 6.07) is 20.3. The van der Waals surface area contributed by atoms with E-state index in [1.165, 1.54) is 0 Å². The Morgan fingerprint density at radius 2 is 1.57 bits per heavy atom. The van der Waals surface area contributed by atoms with E-state index in [-0.39, 0.29) is 73.7 Å². The van der Waals surface area contributed by atoms with E-state index in [0.29, 0.717) is 23.8 Å². The van der Waals surface area contributed by atoms with Crippen LogP contribution in [-0.4, -0.2) is 92.8 Å². The van der Waals surface area contributed by atoms with Crippen molar-refractivity contribution in [3.8, 4) is 17.6 Å². The highest BCUT2D eigenvalue weighted by Gasteiger charge is 2.67. The predicted molar refractivity (Wildman–Crippen MR) is 199 cm³/mol. The van der Waals surface area contributed by atoms with E-state index in [9.17, 15) is 9.59 Å². The smallest absolute Gasteiger partial charge is 0.264 e. The molecule has 1 aliphatic heterocycles. The summed E-state index contributed by atoms with van der Waals surface area (Å²) >= 11 is 0. The average molecular weight is 761 g/mol. The van der Waals surface area contributed by atoms with Gasteiger partial charge >= 0.3 is 0 Å². The predicted octanol–water partition coefficient (Wildman–Crippen LogP) is 5.45. The molecule has 4 aromatic rings. The van der Waals surface area contributed by atoms with Crippen LogP contribution in [0.3, 0.4) is 0 Å². The Labute approximate surface area is 315 Å². The lowest BCUT2D eigenvalue weighted by Gasteiger charge is -2.36. The van der Waals surface area contributed by atoms with Crippen LogP contribution in [0.2, 0.25) is 0 Å². The first-order chi connectivity index (χ1) is 26.2. The van der Waals surface area contributed by atoms with Gasteiger partial charge in [0, 0.05) is 24.6 Å². The van der Waals surface area contributed by atoms with Crippen LogP contribution in [0.15, 0.2) is 67.0 Å². The van der Waals surface area contributed by atoms with Gasteiger partial charge in [0.2, 0.25) is 5.95 Å². The maximum absolute atomic E-state index is 13.1. The molecule has 1 saturated carbocycles. The molecule has 17 heteroatoms. The summed E-state index contributed by atoms with van der Waals surface area (Å²) in [5, 5.41) is 14.6. The van der Waals surface area contributed by atoms with Gasteiger partial charge < -0.3 is 33.3 Å². The number of anilines is 2. The summed E-state index contributed by atoms with van der Waals surface area (Å²) in [5.41, 5.74) is 0.567.